The summed E-state index contributed by atoms with van der Waals surface area (Å²) in [5, 5.41) is 3.66. The first-order chi connectivity index (χ1) is 7.44. The molecule has 0 saturated heterocycles. The van der Waals surface area contributed by atoms with Gasteiger partial charge in [0, 0.05) is 19.2 Å². The van der Waals surface area contributed by atoms with Crippen molar-refractivity contribution in [1.82, 2.24) is 5.32 Å². The summed E-state index contributed by atoms with van der Waals surface area (Å²) in [4.78, 5) is 0. The van der Waals surface area contributed by atoms with Gasteiger partial charge in [-0.3, -0.25) is 0 Å². The van der Waals surface area contributed by atoms with Crippen LogP contribution >= 0.6 is 0 Å². The molecule has 2 nitrogen and oxygen atoms in total. The normalized spacial score (nSPS) is 20.4. The van der Waals surface area contributed by atoms with Gasteiger partial charge in [0.1, 0.15) is 0 Å². The summed E-state index contributed by atoms with van der Waals surface area (Å²) in [6.07, 6.45) is 4.25. The van der Waals surface area contributed by atoms with E-state index >= 15 is 0 Å². The second-order valence-corrected chi connectivity index (χ2v) is 6.13. The lowest BCUT2D eigenvalue weighted by atomic mass is 9.76. The molecular weight excluding hydrogens is 198 g/mol. The van der Waals surface area contributed by atoms with Crippen LogP contribution in [0.1, 0.15) is 53.9 Å². The first-order valence-corrected chi connectivity index (χ1v) is 6.79. The Kier molecular flexibility index (Phi) is 5.26. The number of hydrogen-bond acceptors (Lipinski definition) is 2. The maximum atomic E-state index is 5.68. The molecule has 1 rings (SSSR count). The average Bonchev–Trinajstić information content (AvgIpc) is 2.97. The largest absolute Gasteiger partial charge is 0.379 e. The molecule has 0 aliphatic heterocycles. The van der Waals surface area contributed by atoms with Crippen LogP contribution in [0, 0.1) is 11.3 Å². The van der Waals surface area contributed by atoms with Crippen molar-refractivity contribution in [3.8, 4) is 0 Å². The van der Waals surface area contributed by atoms with E-state index in [9.17, 15) is 0 Å². The molecule has 0 heterocycles. The van der Waals surface area contributed by atoms with E-state index in [1.807, 2.05) is 0 Å². The van der Waals surface area contributed by atoms with Gasteiger partial charge in [0.25, 0.3) is 0 Å². The molecule has 1 unspecified atom stereocenters. The zero-order valence-electron chi connectivity index (χ0n) is 11.7. The van der Waals surface area contributed by atoms with Crippen LogP contribution in [0.3, 0.4) is 0 Å². The van der Waals surface area contributed by atoms with Crippen molar-refractivity contribution >= 4 is 0 Å². The molecule has 1 N–H and O–H groups in total. The highest BCUT2D eigenvalue weighted by molar-refractivity contribution is 4.87. The topological polar surface area (TPSA) is 21.3 Å². The SMILES string of the molecule is CC(C)OCCC(C)(CNC1CC1)C(C)C. The van der Waals surface area contributed by atoms with Gasteiger partial charge in [0.15, 0.2) is 0 Å². The third-order valence-electron chi connectivity index (χ3n) is 3.89. The predicted molar refractivity (Wildman–Crippen MR) is 69.7 cm³/mol. The zero-order valence-corrected chi connectivity index (χ0v) is 11.7. The van der Waals surface area contributed by atoms with Crippen molar-refractivity contribution in [2.24, 2.45) is 11.3 Å². The minimum atomic E-state index is 0.354. The lowest BCUT2D eigenvalue weighted by Gasteiger charge is -2.34. The summed E-state index contributed by atoms with van der Waals surface area (Å²) in [7, 11) is 0. The fraction of sp³-hybridized carbons (Fsp3) is 1.00. The molecule has 1 fully saturated rings. The van der Waals surface area contributed by atoms with Crippen LogP contribution in [0.2, 0.25) is 0 Å². The number of ether oxygens (including phenoxy) is 1. The van der Waals surface area contributed by atoms with Gasteiger partial charge >= 0.3 is 0 Å². The Bertz CT molecular complexity index is 199. The van der Waals surface area contributed by atoms with Gasteiger partial charge in [-0.25, -0.2) is 0 Å². The van der Waals surface area contributed by atoms with Crippen LogP contribution in [0.4, 0.5) is 0 Å². The molecule has 0 radical (unpaired) electrons. The highest BCUT2D eigenvalue weighted by Gasteiger charge is 2.31. The third kappa shape index (κ3) is 4.84. The zero-order chi connectivity index (χ0) is 12.2. The van der Waals surface area contributed by atoms with E-state index in [2.05, 4.69) is 39.9 Å². The van der Waals surface area contributed by atoms with Crippen molar-refractivity contribution in [3.63, 3.8) is 0 Å². The van der Waals surface area contributed by atoms with Gasteiger partial charge in [-0.1, -0.05) is 20.8 Å². The first-order valence-electron chi connectivity index (χ1n) is 6.79. The van der Waals surface area contributed by atoms with E-state index in [-0.39, 0.29) is 0 Å². The Morgan fingerprint density at radius 2 is 1.88 bits per heavy atom. The molecule has 0 amide bonds. The van der Waals surface area contributed by atoms with Gasteiger partial charge in [-0.05, 0) is 44.4 Å². The Morgan fingerprint density at radius 1 is 1.25 bits per heavy atom. The molecule has 0 aromatic heterocycles. The van der Waals surface area contributed by atoms with E-state index in [0.29, 0.717) is 17.4 Å². The van der Waals surface area contributed by atoms with Crippen LogP contribution in [0.15, 0.2) is 0 Å². The van der Waals surface area contributed by atoms with Crippen molar-refractivity contribution in [3.05, 3.63) is 0 Å². The van der Waals surface area contributed by atoms with E-state index in [1.165, 1.54) is 12.8 Å². The molecule has 0 aromatic carbocycles. The summed E-state index contributed by atoms with van der Waals surface area (Å²) in [5.41, 5.74) is 0.372. The van der Waals surface area contributed by atoms with Crippen LogP contribution in [0.25, 0.3) is 0 Å². The quantitative estimate of drug-likeness (QED) is 0.687. The maximum Gasteiger partial charge on any atom is 0.0518 e. The monoisotopic (exact) mass is 227 g/mol. The van der Waals surface area contributed by atoms with E-state index in [4.69, 9.17) is 4.74 Å². The molecule has 0 bridgehead atoms. The van der Waals surface area contributed by atoms with Gasteiger partial charge in [0.2, 0.25) is 0 Å². The summed E-state index contributed by atoms with van der Waals surface area (Å²) in [5.74, 6) is 0.703. The Labute approximate surface area is 101 Å². The van der Waals surface area contributed by atoms with Crippen LogP contribution < -0.4 is 5.32 Å². The third-order valence-corrected chi connectivity index (χ3v) is 3.89. The summed E-state index contributed by atoms with van der Waals surface area (Å²) in [6, 6.07) is 0.809. The Balaban J connectivity index is 2.30. The van der Waals surface area contributed by atoms with Crippen LogP contribution in [0.5, 0.6) is 0 Å². The first kappa shape index (κ1) is 14.0. The summed E-state index contributed by atoms with van der Waals surface area (Å²) in [6.45, 7) is 13.3. The molecule has 1 aliphatic carbocycles. The van der Waals surface area contributed by atoms with Gasteiger partial charge in [0.05, 0.1) is 6.10 Å². The second kappa shape index (κ2) is 6.02. The standard InChI is InChI=1S/C14H29NO/c1-11(2)14(5,8-9-16-12(3)4)10-15-13-6-7-13/h11-13,15H,6-10H2,1-5H3. The van der Waals surface area contributed by atoms with Gasteiger partial charge in [-0.15, -0.1) is 0 Å². The summed E-state index contributed by atoms with van der Waals surface area (Å²) >= 11 is 0. The molecule has 16 heavy (non-hydrogen) atoms. The molecule has 1 aliphatic rings. The highest BCUT2D eigenvalue weighted by atomic mass is 16.5. The van der Waals surface area contributed by atoms with E-state index < -0.39 is 0 Å². The average molecular weight is 227 g/mol. The lowest BCUT2D eigenvalue weighted by Crippen LogP contribution is -2.38. The second-order valence-electron chi connectivity index (χ2n) is 6.13. The van der Waals surface area contributed by atoms with Gasteiger partial charge < -0.3 is 10.1 Å². The number of nitrogens with one attached hydrogen (secondary N) is 1. The fourth-order valence-electron chi connectivity index (χ4n) is 1.77. The molecule has 96 valence electrons. The van der Waals surface area contributed by atoms with E-state index in [0.717, 1.165) is 25.6 Å². The van der Waals surface area contributed by atoms with Crippen LogP contribution in [-0.4, -0.2) is 25.3 Å². The minimum absolute atomic E-state index is 0.354. The molecule has 0 spiro atoms. The lowest BCUT2D eigenvalue weighted by molar-refractivity contribution is 0.0422. The van der Waals surface area contributed by atoms with Gasteiger partial charge in [-0.2, -0.15) is 0 Å². The Hall–Kier alpha value is -0.0800. The van der Waals surface area contributed by atoms with Crippen molar-refractivity contribution in [2.75, 3.05) is 13.2 Å². The Morgan fingerprint density at radius 3 is 2.31 bits per heavy atom. The van der Waals surface area contributed by atoms with Crippen molar-refractivity contribution in [1.29, 1.82) is 0 Å². The number of rotatable bonds is 8. The van der Waals surface area contributed by atoms with E-state index in [1.54, 1.807) is 0 Å². The summed E-state index contributed by atoms with van der Waals surface area (Å²) < 4.78 is 5.68. The smallest absolute Gasteiger partial charge is 0.0518 e. The predicted octanol–water partition coefficient (Wildman–Crippen LogP) is 3.22. The number of hydrogen-bond donors (Lipinski definition) is 1. The molecule has 1 saturated carbocycles. The van der Waals surface area contributed by atoms with Crippen LogP contribution in [-0.2, 0) is 4.74 Å². The van der Waals surface area contributed by atoms with Crippen molar-refractivity contribution in [2.45, 2.75) is 66.0 Å². The molecule has 2 heteroatoms. The highest BCUT2D eigenvalue weighted by Crippen LogP contribution is 2.32. The van der Waals surface area contributed by atoms with Crippen molar-refractivity contribution < 1.29 is 4.74 Å². The molecule has 0 aromatic rings. The molecule has 1 atom stereocenters. The fourth-order valence-corrected chi connectivity index (χ4v) is 1.77. The maximum absolute atomic E-state index is 5.68. The minimum Gasteiger partial charge on any atom is -0.379 e. The molecular formula is C14H29NO.